The van der Waals surface area contributed by atoms with Gasteiger partial charge in [0.25, 0.3) is 0 Å². The highest BCUT2D eigenvalue weighted by Gasteiger charge is 2.32. The monoisotopic (exact) mass is 466 g/mol. The first kappa shape index (κ1) is 21.8. The zero-order chi connectivity index (χ0) is 22.8. The first-order valence-corrected chi connectivity index (χ1v) is 11.8. The number of hydrogen-bond acceptors (Lipinski definition) is 4. The van der Waals surface area contributed by atoms with Gasteiger partial charge >= 0.3 is 6.09 Å². The maximum Gasteiger partial charge on any atom is 0.414 e. The van der Waals surface area contributed by atoms with Gasteiger partial charge in [0.2, 0.25) is 11.8 Å². The molecule has 2 aliphatic rings. The lowest BCUT2D eigenvalue weighted by Gasteiger charge is -2.32. The Morgan fingerprint density at radius 2 is 1.73 bits per heavy atom. The zero-order valence-corrected chi connectivity index (χ0v) is 19.1. The summed E-state index contributed by atoms with van der Waals surface area (Å²) >= 11 is 5.92. The third kappa shape index (κ3) is 5.31. The second kappa shape index (κ2) is 9.45. The number of anilines is 1. The van der Waals surface area contributed by atoms with Gasteiger partial charge < -0.3 is 24.8 Å². The van der Waals surface area contributed by atoms with E-state index < -0.39 is 6.09 Å². The van der Waals surface area contributed by atoms with Crippen molar-refractivity contribution in [2.45, 2.75) is 44.3 Å². The minimum Gasteiger partial charge on any atom is -0.393 e. The summed E-state index contributed by atoms with van der Waals surface area (Å²) < 4.78 is 7.41. The van der Waals surface area contributed by atoms with Crippen LogP contribution in [-0.4, -0.2) is 46.6 Å². The number of nitrogens with zero attached hydrogens (tertiary/aromatic N) is 2. The van der Waals surface area contributed by atoms with E-state index >= 15 is 0 Å². The molecule has 2 fully saturated rings. The average Bonchev–Trinajstić information content (AvgIpc) is 3.60. The molecule has 5 rings (SSSR count). The van der Waals surface area contributed by atoms with Gasteiger partial charge in [0.15, 0.2) is 0 Å². The van der Waals surface area contributed by atoms with Crippen molar-refractivity contribution in [3.63, 3.8) is 0 Å². The number of nitrogens with one attached hydrogen (secondary N) is 2. The Morgan fingerprint density at radius 3 is 2.45 bits per heavy atom. The molecule has 1 aliphatic heterocycles. The molecule has 2 N–H and O–H groups in total. The third-order valence-electron chi connectivity index (χ3n) is 6.31. The van der Waals surface area contributed by atoms with Crippen LogP contribution in [0, 0.1) is 0 Å². The number of ether oxygens (including phenoxy) is 1. The van der Waals surface area contributed by atoms with Gasteiger partial charge in [0.05, 0.1) is 5.52 Å². The molecule has 172 valence electrons. The number of piperidine rings is 1. The summed E-state index contributed by atoms with van der Waals surface area (Å²) in [6, 6.07) is 17.2. The van der Waals surface area contributed by atoms with Crippen molar-refractivity contribution in [1.82, 2.24) is 14.8 Å². The van der Waals surface area contributed by atoms with Gasteiger partial charge in [0.1, 0.15) is 6.54 Å². The van der Waals surface area contributed by atoms with Crippen molar-refractivity contribution in [2.24, 2.45) is 0 Å². The number of rotatable bonds is 6. The highest BCUT2D eigenvalue weighted by atomic mass is 35.5. The summed E-state index contributed by atoms with van der Waals surface area (Å²) in [6.07, 6.45) is 3.98. The Bertz CT molecular complexity index is 1150. The molecule has 0 radical (unpaired) electrons. The van der Waals surface area contributed by atoms with Crippen LogP contribution in [0.2, 0.25) is 5.02 Å². The molecule has 3 aromatic rings. The Hall–Kier alpha value is -3.03. The van der Waals surface area contributed by atoms with Gasteiger partial charge in [-0.05, 0) is 56.0 Å². The predicted octanol–water partition coefficient (Wildman–Crippen LogP) is 4.65. The van der Waals surface area contributed by atoms with Crippen LogP contribution in [0.5, 0.6) is 5.88 Å². The van der Waals surface area contributed by atoms with Crippen molar-refractivity contribution in [3.8, 4) is 5.88 Å². The van der Waals surface area contributed by atoms with Crippen LogP contribution in [0.4, 0.5) is 10.5 Å². The second-order valence-corrected chi connectivity index (χ2v) is 9.19. The van der Waals surface area contributed by atoms with Gasteiger partial charge in [-0.25, -0.2) is 4.79 Å². The van der Waals surface area contributed by atoms with E-state index in [4.69, 9.17) is 16.3 Å². The van der Waals surface area contributed by atoms with Gasteiger partial charge in [-0.1, -0.05) is 29.8 Å². The predicted molar refractivity (Wildman–Crippen MR) is 129 cm³/mol. The van der Waals surface area contributed by atoms with Crippen LogP contribution >= 0.6 is 11.6 Å². The molecule has 1 saturated carbocycles. The molecule has 2 heterocycles. The van der Waals surface area contributed by atoms with Gasteiger partial charge in [0, 0.05) is 47.3 Å². The van der Waals surface area contributed by atoms with Crippen LogP contribution < -0.4 is 15.4 Å². The fraction of sp³-hybridized carbons (Fsp3) is 0.360. The molecular formula is C25H27ClN4O3. The quantitative estimate of drug-likeness (QED) is 0.554. The van der Waals surface area contributed by atoms with E-state index in [2.05, 4.69) is 15.5 Å². The lowest BCUT2D eigenvalue weighted by molar-refractivity contribution is -0.116. The SMILES string of the molecule is O=C(Cn1c(OC(=O)NC2CCN(C3CC3)CC2)cc2ccccc21)Nc1ccc(Cl)cc1. The van der Waals surface area contributed by atoms with Crippen LogP contribution in [0.3, 0.4) is 0 Å². The maximum absolute atomic E-state index is 12.7. The van der Waals surface area contributed by atoms with Crippen LogP contribution in [-0.2, 0) is 11.3 Å². The first-order valence-electron chi connectivity index (χ1n) is 11.4. The molecule has 8 heteroatoms. The fourth-order valence-corrected chi connectivity index (χ4v) is 4.58. The number of hydrogen-bond donors (Lipinski definition) is 2. The van der Waals surface area contributed by atoms with Gasteiger partial charge in [-0.2, -0.15) is 0 Å². The Morgan fingerprint density at radius 1 is 1.00 bits per heavy atom. The summed E-state index contributed by atoms with van der Waals surface area (Å²) in [7, 11) is 0. The summed E-state index contributed by atoms with van der Waals surface area (Å²) in [4.78, 5) is 27.9. The molecule has 33 heavy (non-hydrogen) atoms. The zero-order valence-electron chi connectivity index (χ0n) is 18.3. The molecule has 2 amide bonds. The highest BCUT2D eigenvalue weighted by molar-refractivity contribution is 6.30. The number of halogens is 1. The lowest BCUT2D eigenvalue weighted by Crippen LogP contribution is -2.46. The van der Waals surface area contributed by atoms with Crippen molar-refractivity contribution in [2.75, 3.05) is 18.4 Å². The maximum atomic E-state index is 12.7. The molecule has 0 unspecified atom stereocenters. The summed E-state index contributed by atoms with van der Waals surface area (Å²) in [6.45, 7) is 2.04. The topological polar surface area (TPSA) is 75.6 Å². The van der Waals surface area contributed by atoms with Crippen LogP contribution in [0.1, 0.15) is 25.7 Å². The number of fused-ring (bicyclic) bond motifs is 1. The standard InChI is InChI=1S/C25H27ClN4O3/c26-18-5-7-19(8-6-18)27-23(31)16-30-22-4-2-1-3-17(22)15-24(30)33-25(32)28-20-11-13-29(14-12-20)21-9-10-21/h1-8,15,20-21H,9-14,16H2,(H,27,31)(H,28,32). The van der Waals surface area contributed by atoms with Gasteiger partial charge in [-0.15, -0.1) is 0 Å². The smallest absolute Gasteiger partial charge is 0.393 e. The minimum atomic E-state index is -0.484. The fourth-order valence-electron chi connectivity index (χ4n) is 4.45. The molecule has 0 bridgehead atoms. The number of carbonyl (C=O) groups excluding carboxylic acids is 2. The van der Waals surface area contributed by atoms with E-state index in [0.29, 0.717) is 16.6 Å². The first-order chi connectivity index (χ1) is 16.0. The number of para-hydroxylation sites is 1. The second-order valence-electron chi connectivity index (χ2n) is 8.76. The number of aromatic nitrogens is 1. The van der Waals surface area contributed by atoms with Crippen molar-refractivity contribution < 1.29 is 14.3 Å². The molecule has 0 spiro atoms. The lowest BCUT2D eigenvalue weighted by atomic mass is 10.1. The van der Waals surface area contributed by atoms with E-state index in [1.807, 2.05) is 24.3 Å². The largest absolute Gasteiger partial charge is 0.414 e. The van der Waals surface area contributed by atoms with Crippen LogP contribution in [0.25, 0.3) is 10.9 Å². The number of carbonyl (C=O) groups is 2. The normalized spacial score (nSPS) is 17.1. The van der Waals surface area contributed by atoms with E-state index in [1.165, 1.54) is 12.8 Å². The Labute approximate surface area is 197 Å². The number of amides is 2. The molecule has 2 aromatic carbocycles. The summed E-state index contributed by atoms with van der Waals surface area (Å²) in [5, 5.41) is 7.36. The summed E-state index contributed by atoms with van der Waals surface area (Å²) in [5.74, 6) is 0.117. The number of benzene rings is 2. The third-order valence-corrected chi connectivity index (χ3v) is 6.57. The molecule has 1 aromatic heterocycles. The van der Waals surface area contributed by atoms with E-state index in [0.717, 1.165) is 42.9 Å². The highest BCUT2D eigenvalue weighted by Crippen LogP contribution is 2.29. The molecule has 0 atom stereocenters. The molecule has 1 saturated heterocycles. The Balaban J connectivity index is 1.25. The van der Waals surface area contributed by atoms with E-state index in [9.17, 15) is 9.59 Å². The van der Waals surface area contributed by atoms with Crippen molar-refractivity contribution in [1.29, 1.82) is 0 Å². The minimum absolute atomic E-state index is 0.0124. The summed E-state index contributed by atoms with van der Waals surface area (Å²) in [5.41, 5.74) is 1.47. The molecule has 7 nitrogen and oxygen atoms in total. The molecule has 1 aliphatic carbocycles. The van der Waals surface area contributed by atoms with E-state index in [-0.39, 0.29) is 18.5 Å². The molecular weight excluding hydrogens is 440 g/mol. The number of likely N-dealkylation sites (tertiary alicyclic amines) is 1. The van der Waals surface area contributed by atoms with Crippen molar-refractivity contribution >= 4 is 40.2 Å². The van der Waals surface area contributed by atoms with Crippen molar-refractivity contribution in [3.05, 3.63) is 59.6 Å². The van der Waals surface area contributed by atoms with E-state index in [1.54, 1.807) is 34.9 Å². The average molecular weight is 467 g/mol. The van der Waals surface area contributed by atoms with Gasteiger partial charge in [-0.3, -0.25) is 4.79 Å². The Kier molecular flexibility index (Phi) is 6.24. The van der Waals surface area contributed by atoms with Crippen LogP contribution in [0.15, 0.2) is 54.6 Å².